The van der Waals surface area contributed by atoms with Gasteiger partial charge in [0, 0.05) is 6.42 Å². The number of Topliss-reactive ketones (excluding diaryl/α,β-unsaturated/α-hetero) is 1. The molecule has 0 radical (unpaired) electrons. The first kappa shape index (κ1) is 33.3. The van der Waals surface area contributed by atoms with E-state index in [0.717, 1.165) is 38.5 Å². The fourth-order valence-electron chi connectivity index (χ4n) is 4.17. The maximum Gasteiger partial charge on any atom is 0.316 e. The van der Waals surface area contributed by atoms with Crippen molar-refractivity contribution < 1.29 is 18.8 Å². The van der Waals surface area contributed by atoms with E-state index in [2.05, 4.69) is 47.7 Å². The molecule has 0 amide bonds. The smallest absolute Gasteiger partial charge is 0.316 e. The Balaban J connectivity index is 4.95. The average Bonchev–Trinajstić information content (AvgIpc) is 2.76. The Morgan fingerprint density at radius 3 is 1.65 bits per heavy atom. The van der Waals surface area contributed by atoms with E-state index in [0.29, 0.717) is 12.8 Å². The van der Waals surface area contributed by atoms with Crippen LogP contribution in [-0.4, -0.2) is 33.3 Å². The molecule has 0 bridgehead atoms. The first-order valence-electron chi connectivity index (χ1n) is 14.3. The molecule has 0 aromatic heterocycles. The summed E-state index contributed by atoms with van der Waals surface area (Å²) >= 11 is 0. The third-order valence-electron chi connectivity index (χ3n) is 7.55. The van der Waals surface area contributed by atoms with E-state index in [1.165, 1.54) is 58.5 Å². The van der Waals surface area contributed by atoms with Gasteiger partial charge >= 0.3 is 5.97 Å². The summed E-state index contributed by atoms with van der Waals surface area (Å²) in [5, 5.41) is 0.0920. The van der Waals surface area contributed by atoms with Crippen molar-refractivity contribution in [3.05, 3.63) is 0 Å². The Bertz CT molecular complexity index is 539. The quantitative estimate of drug-likeness (QED) is 0.0685. The SMILES string of the molecule is CCCCCCCCCCCC(CC(=O)C(CCCCCC)C(=O)OC)O[Si](C)(C)C(C)(C)C. The average molecular weight is 499 g/mol. The van der Waals surface area contributed by atoms with Gasteiger partial charge in [-0.15, -0.1) is 0 Å². The molecule has 0 aromatic carbocycles. The van der Waals surface area contributed by atoms with Gasteiger partial charge < -0.3 is 9.16 Å². The van der Waals surface area contributed by atoms with E-state index >= 15 is 0 Å². The van der Waals surface area contributed by atoms with Crippen LogP contribution in [0.5, 0.6) is 0 Å². The zero-order valence-corrected chi connectivity index (χ0v) is 25.1. The molecular weight excluding hydrogens is 440 g/mol. The molecule has 2 atom stereocenters. The van der Waals surface area contributed by atoms with Gasteiger partial charge in [-0.1, -0.05) is 118 Å². The maximum atomic E-state index is 13.2. The third-order valence-corrected chi connectivity index (χ3v) is 12.1. The van der Waals surface area contributed by atoms with Crippen molar-refractivity contribution in [3.8, 4) is 0 Å². The van der Waals surface area contributed by atoms with Crippen LogP contribution in [0.15, 0.2) is 0 Å². The highest BCUT2D eigenvalue weighted by Crippen LogP contribution is 2.38. The van der Waals surface area contributed by atoms with Crippen LogP contribution in [0.25, 0.3) is 0 Å². The van der Waals surface area contributed by atoms with Crippen LogP contribution in [0.2, 0.25) is 18.1 Å². The number of carbonyl (C=O) groups is 2. The highest BCUT2D eigenvalue weighted by molar-refractivity contribution is 6.74. The van der Waals surface area contributed by atoms with Crippen LogP contribution in [0.1, 0.15) is 137 Å². The highest BCUT2D eigenvalue weighted by atomic mass is 28.4. The number of ketones is 1. The fraction of sp³-hybridized carbons (Fsp3) is 0.931. The topological polar surface area (TPSA) is 52.6 Å². The molecule has 0 spiro atoms. The summed E-state index contributed by atoms with van der Waals surface area (Å²) in [5.41, 5.74) is 0. The lowest BCUT2D eigenvalue weighted by molar-refractivity contribution is -0.150. The first-order valence-corrected chi connectivity index (χ1v) is 17.2. The number of hydrogen-bond acceptors (Lipinski definition) is 4. The molecule has 0 rings (SSSR count). The largest absolute Gasteiger partial charge is 0.468 e. The number of hydrogen-bond donors (Lipinski definition) is 0. The molecule has 0 N–H and O–H groups in total. The van der Waals surface area contributed by atoms with Crippen LogP contribution in [-0.2, 0) is 18.8 Å². The van der Waals surface area contributed by atoms with Crippen molar-refractivity contribution in [1.29, 1.82) is 0 Å². The Morgan fingerprint density at radius 1 is 0.735 bits per heavy atom. The molecule has 4 nitrogen and oxygen atoms in total. The van der Waals surface area contributed by atoms with Crippen molar-refractivity contribution in [2.45, 2.75) is 162 Å². The lowest BCUT2D eigenvalue weighted by Crippen LogP contribution is -2.45. The lowest BCUT2D eigenvalue weighted by Gasteiger charge is -2.39. The second-order valence-corrected chi connectivity index (χ2v) is 16.5. The summed E-state index contributed by atoms with van der Waals surface area (Å²) in [6.07, 6.45) is 17.5. The second kappa shape index (κ2) is 18.6. The molecule has 0 aliphatic heterocycles. The number of carbonyl (C=O) groups excluding carboxylic acids is 2. The van der Waals surface area contributed by atoms with Crippen molar-refractivity contribution in [1.82, 2.24) is 0 Å². The molecule has 5 heteroatoms. The van der Waals surface area contributed by atoms with Crippen molar-refractivity contribution in [2.24, 2.45) is 5.92 Å². The summed E-state index contributed by atoms with van der Waals surface area (Å²) in [7, 11) is -0.614. The first-order chi connectivity index (χ1) is 16.0. The maximum absolute atomic E-state index is 13.2. The molecule has 0 aliphatic carbocycles. The van der Waals surface area contributed by atoms with Gasteiger partial charge in [-0.3, -0.25) is 9.59 Å². The van der Waals surface area contributed by atoms with E-state index in [-0.39, 0.29) is 22.9 Å². The minimum Gasteiger partial charge on any atom is -0.468 e. The Labute approximate surface area is 213 Å². The minimum atomic E-state index is -2.00. The van der Waals surface area contributed by atoms with Gasteiger partial charge in [-0.2, -0.15) is 0 Å². The predicted octanol–water partition coefficient (Wildman–Crippen LogP) is 9.02. The van der Waals surface area contributed by atoms with Crippen molar-refractivity contribution in [3.63, 3.8) is 0 Å². The Morgan fingerprint density at radius 2 is 1.18 bits per heavy atom. The van der Waals surface area contributed by atoms with Crippen molar-refractivity contribution in [2.75, 3.05) is 7.11 Å². The summed E-state index contributed by atoms with van der Waals surface area (Å²) in [5.74, 6) is -1.02. The van der Waals surface area contributed by atoms with Gasteiger partial charge in [-0.25, -0.2) is 0 Å². The van der Waals surface area contributed by atoms with Crippen LogP contribution < -0.4 is 0 Å². The molecule has 34 heavy (non-hydrogen) atoms. The highest BCUT2D eigenvalue weighted by Gasteiger charge is 2.40. The molecular formula is C29H58O4Si. The number of unbranched alkanes of at least 4 members (excludes halogenated alkanes) is 11. The standard InChI is InChI=1S/C29H58O4Si/c1-9-11-13-15-16-17-18-19-20-22-25(33-34(7,8)29(3,4)5)24-27(30)26(28(31)32-6)23-21-14-12-10-2/h25-26H,9-24H2,1-8H3. The monoisotopic (exact) mass is 498 g/mol. The van der Waals surface area contributed by atoms with Crippen molar-refractivity contribution >= 4 is 20.1 Å². The summed E-state index contributed by atoms with van der Waals surface area (Å²) in [6, 6.07) is 0. The van der Waals surface area contributed by atoms with E-state index in [9.17, 15) is 9.59 Å². The van der Waals surface area contributed by atoms with Gasteiger partial charge in [0.15, 0.2) is 8.32 Å². The number of methoxy groups -OCH3 is 1. The van der Waals surface area contributed by atoms with Gasteiger partial charge in [0.05, 0.1) is 13.2 Å². The fourth-order valence-corrected chi connectivity index (χ4v) is 5.56. The molecule has 0 aromatic rings. The Kier molecular flexibility index (Phi) is 18.2. The second-order valence-electron chi connectivity index (χ2n) is 11.7. The Hall–Kier alpha value is -0.683. The molecule has 0 fully saturated rings. The normalized spacial score (nSPS) is 14.1. The van der Waals surface area contributed by atoms with Crippen LogP contribution in [0.4, 0.5) is 0 Å². The van der Waals surface area contributed by atoms with Gasteiger partial charge in [0.1, 0.15) is 11.7 Å². The zero-order valence-electron chi connectivity index (χ0n) is 24.1. The zero-order chi connectivity index (χ0) is 26.0. The van der Waals surface area contributed by atoms with E-state index in [1.807, 2.05) is 0 Å². The lowest BCUT2D eigenvalue weighted by atomic mass is 9.92. The van der Waals surface area contributed by atoms with Gasteiger partial charge in [0.2, 0.25) is 0 Å². The number of rotatable bonds is 21. The molecule has 2 unspecified atom stereocenters. The van der Waals surface area contributed by atoms with Crippen LogP contribution in [0, 0.1) is 5.92 Å². The molecule has 0 saturated heterocycles. The van der Waals surface area contributed by atoms with E-state index in [4.69, 9.17) is 9.16 Å². The summed E-state index contributed by atoms with van der Waals surface area (Å²) in [6.45, 7) is 15.6. The molecule has 202 valence electrons. The molecule has 0 saturated carbocycles. The van der Waals surface area contributed by atoms with Gasteiger partial charge in [-0.05, 0) is 31.0 Å². The third kappa shape index (κ3) is 14.7. The number of esters is 1. The number of ether oxygens (including phenoxy) is 1. The summed E-state index contributed by atoms with van der Waals surface area (Å²) in [4.78, 5) is 25.6. The van der Waals surface area contributed by atoms with E-state index < -0.39 is 14.2 Å². The molecule has 0 aliphatic rings. The summed E-state index contributed by atoms with van der Waals surface area (Å²) < 4.78 is 11.7. The predicted molar refractivity (Wildman–Crippen MR) is 148 cm³/mol. The van der Waals surface area contributed by atoms with Crippen LogP contribution >= 0.6 is 0 Å². The van der Waals surface area contributed by atoms with Gasteiger partial charge in [0.25, 0.3) is 0 Å². The minimum absolute atomic E-state index is 0.00276. The van der Waals surface area contributed by atoms with E-state index in [1.54, 1.807) is 0 Å². The molecule has 0 heterocycles. The van der Waals surface area contributed by atoms with Crippen LogP contribution in [0.3, 0.4) is 0 Å².